The summed E-state index contributed by atoms with van der Waals surface area (Å²) >= 11 is 0. The Morgan fingerprint density at radius 2 is 1.76 bits per heavy atom. The van der Waals surface area contributed by atoms with Crippen molar-refractivity contribution >= 4 is 0 Å². The molecule has 21 heavy (non-hydrogen) atoms. The van der Waals surface area contributed by atoms with E-state index in [1.165, 1.54) is 0 Å². The van der Waals surface area contributed by atoms with Gasteiger partial charge in [0.1, 0.15) is 6.61 Å². The summed E-state index contributed by atoms with van der Waals surface area (Å²) in [5, 5.41) is 0. The lowest BCUT2D eigenvalue weighted by atomic mass is 9.95. The van der Waals surface area contributed by atoms with Crippen LogP contribution < -0.4 is 4.74 Å². The van der Waals surface area contributed by atoms with Crippen molar-refractivity contribution in [2.75, 3.05) is 19.8 Å². The van der Waals surface area contributed by atoms with Crippen molar-refractivity contribution in [2.45, 2.75) is 20.8 Å². The van der Waals surface area contributed by atoms with Gasteiger partial charge in [0, 0.05) is 6.61 Å². The molecule has 0 saturated carbocycles. The van der Waals surface area contributed by atoms with Crippen LogP contribution in [0.25, 0.3) is 11.1 Å². The first-order valence-electron chi connectivity index (χ1n) is 7.20. The molecule has 3 heteroatoms. The largest absolute Gasteiger partial charge is 0.488 e. The van der Waals surface area contributed by atoms with E-state index >= 15 is 0 Å². The number of hydrogen-bond acceptors (Lipinski definition) is 2. The van der Waals surface area contributed by atoms with Gasteiger partial charge in [0.2, 0.25) is 0 Å². The molecule has 0 aliphatic heterocycles. The van der Waals surface area contributed by atoms with Crippen LogP contribution in [0.1, 0.15) is 18.1 Å². The molecule has 2 aromatic rings. The Balaban J connectivity index is 2.29. The normalized spacial score (nSPS) is 10.7. The highest BCUT2D eigenvalue weighted by molar-refractivity contribution is 5.72. The molecule has 0 heterocycles. The molecule has 0 bridgehead atoms. The second-order valence-corrected chi connectivity index (χ2v) is 4.92. The highest BCUT2D eigenvalue weighted by Gasteiger charge is 2.15. The van der Waals surface area contributed by atoms with Crippen molar-refractivity contribution < 1.29 is 13.9 Å². The lowest BCUT2D eigenvalue weighted by Gasteiger charge is -2.15. The molecule has 0 fully saturated rings. The average molecular weight is 288 g/mol. The summed E-state index contributed by atoms with van der Waals surface area (Å²) in [6.07, 6.45) is 0. The fourth-order valence-electron chi connectivity index (χ4n) is 2.43. The molecule has 112 valence electrons. The molecule has 0 amide bonds. The monoisotopic (exact) mass is 288 g/mol. The van der Waals surface area contributed by atoms with E-state index < -0.39 is 0 Å². The van der Waals surface area contributed by atoms with Crippen LogP contribution >= 0.6 is 0 Å². The number of hydrogen-bond donors (Lipinski definition) is 0. The third kappa shape index (κ3) is 3.61. The lowest BCUT2D eigenvalue weighted by molar-refractivity contribution is 0.108. The van der Waals surface area contributed by atoms with E-state index in [0.29, 0.717) is 31.1 Å². The topological polar surface area (TPSA) is 18.5 Å². The molecule has 0 N–H and O–H groups in total. The van der Waals surface area contributed by atoms with Crippen LogP contribution in [0.3, 0.4) is 0 Å². The predicted molar refractivity (Wildman–Crippen MR) is 83.3 cm³/mol. The van der Waals surface area contributed by atoms with Gasteiger partial charge < -0.3 is 9.47 Å². The zero-order chi connectivity index (χ0) is 15.2. The Morgan fingerprint density at radius 3 is 2.43 bits per heavy atom. The molecule has 0 aromatic heterocycles. The lowest BCUT2D eigenvalue weighted by Crippen LogP contribution is -2.08. The molecular formula is C18H21FO2. The summed E-state index contributed by atoms with van der Waals surface area (Å²) < 4.78 is 25.2. The molecule has 0 radical (unpaired) electrons. The van der Waals surface area contributed by atoms with Crippen LogP contribution in [-0.4, -0.2) is 19.8 Å². The smallest absolute Gasteiger partial charge is 0.168 e. The quantitative estimate of drug-likeness (QED) is 0.727. The summed E-state index contributed by atoms with van der Waals surface area (Å²) in [7, 11) is 0. The maximum absolute atomic E-state index is 14.5. The molecular weight excluding hydrogens is 267 g/mol. The molecule has 0 spiro atoms. The summed E-state index contributed by atoms with van der Waals surface area (Å²) in [6.45, 7) is 7.15. The third-order valence-electron chi connectivity index (χ3n) is 3.41. The van der Waals surface area contributed by atoms with Gasteiger partial charge in [-0.3, -0.25) is 0 Å². The first-order chi connectivity index (χ1) is 10.1. The van der Waals surface area contributed by atoms with Gasteiger partial charge in [-0.1, -0.05) is 30.3 Å². The van der Waals surface area contributed by atoms with Crippen molar-refractivity contribution in [2.24, 2.45) is 0 Å². The molecule has 2 aromatic carbocycles. The summed E-state index contributed by atoms with van der Waals surface area (Å²) in [6, 6.07) is 11.6. The zero-order valence-electron chi connectivity index (χ0n) is 12.8. The maximum Gasteiger partial charge on any atom is 0.168 e. The maximum atomic E-state index is 14.5. The molecule has 2 nitrogen and oxygen atoms in total. The Hall–Kier alpha value is -1.87. The Bertz CT molecular complexity index is 594. The fourth-order valence-corrected chi connectivity index (χ4v) is 2.43. The van der Waals surface area contributed by atoms with Crippen LogP contribution in [0.15, 0.2) is 36.4 Å². The first kappa shape index (κ1) is 15.5. The summed E-state index contributed by atoms with van der Waals surface area (Å²) in [4.78, 5) is 0. The second-order valence-electron chi connectivity index (χ2n) is 4.92. The van der Waals surface area contributed by atoms with E-state index in [0.717, 1.165) is 16.7 Å². The third-order valence-corrected chi connectivity index (χ3v) is 3.41. The SMILES string of the molecule is CCOCCOc1cc(C)c(-c2ccccc2)c(C)c1F. The number of benzene rings is 2. The van der Waals surface area contributed by atoms with E-state index in [9.17, 15) is 4.39 Å². The van der Waals surface area contributed by atoms with Crippen LogP contribution in [0.4, 0.5) is 4.39 Å². The first-order valence-corrected chi connectivity index (χ1v) is 7.20. The van der Waals surface area contributed by atoms with Gasteiger partial charge in [-0.25, -0.2) is 4.39 Å². The molecule has 0 unspecified atom stereocenters. The number of aryl methyl sites for hydroxylation is 1. The van der Waals surface area contributed by atoms with Gasteiger partial charge in [-0.05, 0) is 49.1 Å². The summed E-state index contributed by atoms with van der Waals surface area (Å²) in [5.74, 6) is 0.000311. The van der Waals surface area contributed by atoms with Crippen LogP contribution in [-0.2, 0) is 4.74 Å². The Morgan fingerprint density at radius 1 is 1.05 bits per heavy atom. The molecule has 2 rings (SSSR count). The van der Waals surface area contributed by atoms with E-state index in [1.54, 1.807) is 13.0 Å². The van der Waals surface area contributed by atoms with Gasteiger partial charge in [0.05, 0.1) is 6.61 Å². The number of halogens is 1. The molecule has 0 aliphatic rings. The predicted octanol–water partition coefficient (Wildman–Crippen LogP) is 4.52. The van der Waals surface area contributed by atoms with Crippen molar-refractivity contribution in [1.82, 2.24) is 0 Å². The van der Waals surface area contributed by atoms with E-state index in [2.05, 4.69) is 0 Å². The fraction of sp³-hybridized carbons (Fsp3) is 0.333. The minimum atomic E-state index is -0.295. The highest BCUT2D eigenvalue weighted by Crippen LogP contribution is 2.33. The van der Waals surface area contributed by atoms with Crippen LogP contribution in [0.2, 0.25) is 0 Å². The summed E-state index contributed by atoms with van der Waals surface area (Å²) in [5.41, 5.74) is 3.58. The van der Waals surface area contributed by atoms with E-state index in [-0.39, 0.29) is 5.82 Å². The van der Waals surface area contributed by atoms with Crippen LogP contribution in [0.5, 0.6) is 5.75 Å². The average Bonchev–Trinajstić information content (AvgIpc) is 2.49. The minimum Gasteiger partial charge on any atom is -0.488 e. The molecule has 0 aliphatic carbocycles. The zero-order valence-corrected chi connectivity index (χ0v) is 12.8. The van der Waals surface area contributed by atoms with Crippen LogP contribution in [0, 0.1) is 19.7 Å². The van der Waals surface area contributed by atoms with Gasteiger partial charge in [-0.2, -0.15) is 0 Å². The molecule has 0 atom stereocenters. The van der Waals surface area contributed by atoms with Gasteiger partial charge in [0.25, 0.3) is 0 Å². The Labute approximate surface area is 125 Å². The van der Waals surface area contributed by atoms with Gasteiger partial charge in [0.15, 0.2) is 11.6 Å². The van der Waals surface area contributed by atoms with Crippen molar-refractivity contribution in [1.29, 1.82) is 0 Å². The number of ether oxygens (including phenoxy) is 2. The minimum absolute atomic E-state index is 0.295. The van der Waals surface area contributed by atoms with Crippen molar-refractivity contribution in [3.8, 4) is 16.9 Å². The van der Waals surface area contributed by atoms with Gasteiger partial charge >= 0.3 is 0 Å². The second kappa shape index (κ2) is 7.23. The van der Waals surface area contributed by atoms with Crippen molar-refractivity contribution in [3.63, 3.8) is 0 Å². The number of rotatable bonds is 6. The molecule has 0 saturated heterocycles. The highest BCUT2D eigenvalue weighted by atomic mass is 19.1. The van der Waals surface area contributed by atoms with E-state index in [1.807, 2.05) is 44.2 Å². The Kier molecular flexibility index (Phi) is 5.34. The van der Waals surface area contributed by atoms with E-state index in [4.69, 9.17) is 9.47 Å². The van der Waals surface area contributed by atoms with Gasteiger partial charge in [-0.15, -0.1) is 0 Å². The standard InChI is InChI=1S/C18H21FO2/c1-4-20-10-11-21-16-12-13(2)17(14(3)18(16)19)15-8-6-5-7-9-15/h5-9,12H,4,10-11H2,1-3H3. The van der Waals surface area contributed by atoms with Crippen molar-refractivity contribution in [3.05, 3.63) is 53.3 Å².